The van der Waals surface area contributed by atoms with E-state index < -0.39 is 6.10 Å². The van der Waals surface area contributed by atoms with Gasteiger partial charge in [-0.1, -0.05) is 13.8 Å². The van der Waals surface area contributed by atoms with Gasteiger partial charge in [-0.15, -0.1) is 11.3 Å². The summed E-state index contributed by atoms with van der Waals surface area (Å²) in [7, 11) is 0. The second-order valence-corrected chi connectivity index (χ2v) is 5.60. The summed E-state index contributed by atoms with van der Waals surface area (Å²) in [5, 5.41) is 14.9. The molecule has 6 heteroatoms. The Hall–Kier alpha value is -0.980. The van der Waals surface area contributed by atoms with E-state index >= 15 is 0 Å². The van der Waals surface area contributed by atoms with Gasteiger partial charge in [-0.25, -0.2) is 4.98 Å². The Kier molecular flexibility index (Phi) is 6.24. The summed E-state index contributed by atoms with van der Waals surface area (Å²) in [6, 6.07) is 0. The Bertz CT molecular complexity index is 379. The molecule has 0 fully saturated rings. The van der Waals surface area contributed by atoms with E-state index in [9.17, 15) is 9.90 Å². The third kappa shape index (κ3) is 5.12. The molecule has 1 amide bonds. The van der Waals surface area contributed by atoms with Crippen LogP contribution in [0.3, 0.4) is 0 Å². The highest BCUT2D eigenvalue weighted by Crippen LogP contribution is 2.10. The molecule has 1 rings (SSSR count). The van der Waals surface area contributed by atoms with Gasteiger partial charge in [0.2, 0.25) is 0 Å². The molecule has 102 valence electrons. The molecule has 5 nitrogen and oxygen atoms in total. The molecule has 1 aromatic rings. The Balaban J connectivity index is 2.40. The first kappa shape index (κ1) is 15.1. The summed E-state index contributed by atoms with van der Waals surface area (Å²) in [5.74, 6) is 0.171. The lowest BCUT2D eigenvalue weighted by Crippen LogP contribution is -2.33. The molecule has 0 saturated carbocycles. The monoisotopic (exact) mass is 271 g/mol. The number of nitrogens with one attached hydrogen (secondary N) is 1. The van der Waals surface area contributed by atoms with Crippen molar-refractivity contribution >= 4 is 17.2 Å². The molecule has 1 heterocycles. The third-order valence-electron chi connectivity index (χ3n) is 2.38. The maximum atomic E-state index is 11.7. The van der Waals surface area contributed by atoms with Gasteiger partial charge in [0.25, 0.3) is 5.91 Å². The third-order valence-corrected chi connectivity index (χ3v) is 3.29. The topological polar surface area (TPSA) is 88.2 Å². The lowest BCUT2D eigenvalue weighted by molar-refractivity contribution is 0.0896. The van der Waals surface area contributed by atoms with E-state index in [2.05, 4.69) is 10.3 Å². The van der Waals surface area contributed by atoms with Crippen LogP contribution in [0.25, 0.3) is 0 Å². The van der Waals surface area contributed by atoms with E-state index in [4.69, 9.17) is 5.73 Å². The lowest BCUT2D eigenvalue weighted by atomic mass is 10.1. The van der Waals surface area contributed by atoms with E-state index in [-0.39, 0.29) is 12.5 Å². The first-order valence-electron chi connectivity index (χ1n) is 6.13. The van der Waals surface area contributed by atoms with Crippen LogP contribution in [-0.4, -0.2) is 35.2 Å². The molecule has 0 spiro atoms. The SMILES string of the molecule is CC(C)CC(O)CNC(=O)c1csc(CCN)n1. The van der Waals surface area contributed by atoms with Gasteiger partial charge in [0, 0.05) is 18.3 Å². The van der Waals surface area contributed by atoms with E-state index in [1.165, 1.54) is 11.3 Å². The molecule has 0 bridgehead atoms. The molecule has 0 aliphatic rings. The number of nitrogens with zero attached hydrogens (tertiary/aromatic N) is 1. The van der Waals surface area contributed by atoms with Gasteiger partial charge in [0.15, 0.2) is 0 Å². The number of rotatable bonds is 7. The zero-order valence-electron chi connectivity index (χ0n) is 10.8. The standard InChI is InChI=1S/C12H21N3O2S/c1-8(2)5-9(16)6-14-12(17)10-7-18-11(15-10)3-4-13/h7-9,16H,3-6,13H2,1-2H3,(H,14,17). The second kappa shape index (κ2) is 7.45. The van der Waals surface area contributed by atoms with Crippen molar-refractivity contribution in [2.75, 3.05) is 13.1 Å². The van der Waals surface area contributed by atoms with E-state index in [0.717, 1.165) is 5.01 Å². The van der Waals surface area contributed by atoms with E-state index in [0.29, 0.717) is 31.0 Å². The molecule has 0 radical (unpaired) electrons. The van der Waals surface area contributed by atoms with Crippen molar-refractivity contribution in [3.05, 3.63) is 16.1 Å². The molecule has 0 aromatic carbocycles. The summed E-state index contributed by atoms with van der Waals surface area (Å²) in [4.78, 5) is 15.9. The van der Waals surface area contributed by atoms with Crippen LogP contribution in [0.5, 0.6) is 0 Å². The Morgan fingerprint density at radius 2 is 2.33 bits per heavy atom. The minimum atomic E-state index is -0.504. The second-order valence-electron chi connectivity index (χ2n) is 4.66. The minimum Gasteiger partial charge on any atom is -0.391 e. The highest BCUT2D eigenvalue weighted by Gasteiger charge is 2.13. The number of amides is 1. The number of carbonyl (C=O) groups excluding carboxylic acids is 1. The fraction of sp³-hybridized carbons (Fsp3) is 0.667. The van der Waals surface area contributed by atoms with Crippen LogP contribution >= 0.6 is 11.3 Å². The Morgan fingerprint density at radius 3 is 2.94 bits per heavy atom. The number of hydrogen-bond donors (Lipinski definition) is 3. The van der Waals surface area contributed by atoms with Crippen LogP contribution in [0, 0.1) is 5.92 Å². The van der Waals surface area contributed by atoms with E-state index in [1.807, 2.05) is 13.8 Å². The number of thiazole rings is 1. The van der Waals surface area contributed by atoms with Crippen molar-refractivity contribution in [2.24, 2.45) is 11.7 Å². The van der Waals surface area contributed by atoms with Gasteiger partial charge < -0.3 is 16.2 Å². The summed E-state index contributed by atoms with van der Waals surface area (Å²) < 4.78 is 0. The van der Waals surface area contributed by atoms with Crippen molar-refractivity contribution in [2.45, 2.75) is 32.8 Å². The number of aliphatic hydroxyl groups excluding tert-OH is 1. The van der Waals surface area contributed by atoms with Crippen molar-refractivity contribution in [3.8, 4) is 0 Å². The fourth-order valence-corrected chi connectivity index (χ4v) is 2.38. The molecule has 1 aromatic heterocycles. The summed E-state index contributed by atoms with van der Waals surface area (Å²) in [6.45, 7) is 4.86. The quantitative estimate of drug-likeness (QED) is 0.684. The Labute approximate surface area is 111 Å². The average molecular weight is 271 g/mol. The maximum Gasteiger partial charge on any atom is 0.270 e. The largest absolute Gasteiger partial charge is 0.391 e. The van der Waals surface area contributed by atoms with Crippen molar-refractivity contribution < 1.29 is 9.90 Å². The smallest absolute Gasteiger partial charge is 0.270 e. The van der Waals surface area contributed by atoms with Crippen molar-refractivity contribution in [3.63, 3.8) is 0 Å². The highest BCUT2D eigenvalue weighted by atomic mass is 32.1. The summed E-state index contributed by atoms with van der Waals surface area (Å²) in [5.41, 5.74) is 5.83. The molecule has 0 aliphatic heterocycles. The zero-order valence-corrected chi connectivity index (χ0v) is 11.7. The molecular weight excluding hydrogens is 250 g/mol. The molecule has 0 saturated heterocycles. The van der Waals surface area contributed by atoms with Crippen molar-refractivity contribution in [1.82, 2.24) is 10.3 Å². The van der Waals surface area contributed by atoms with E-state index in [1.54, 1.807) is 5.38 Å². The number of nitrogens with two attached hydrogens (primary N) is 1. The number of hydrogen-bond acceptors (Lipinski definition) is 5. The molecule has 1 unspecified atom stereocenters. The normalized spacial score (nSPS) is 12.7. The summed E-state index contributed by atoms with van der Waals surface area (Å²) >= 11 is 1.43. The predicted molar refractivity (Wildman–Crippen MR) is 72.7 cm³/mol. The van der Waals surface area contributed by atoms with Crippen LogP contribution in [0.4, 0.5) is 0 Å². The van der Waals surface area contributed by atoms with Crippen LogP contribution < -0.4 is 11.1 Å². The van der Waals surface area contributed by atoms with Crippen LogP contribution in [0.1, 0.15) is 35.8 Å². The summed E-state index contributed by atoms with van der Waals surface area (Å²) in [6.07, 6.45) is 0.861. The number of aliphatic hydroxyl groups is 1. The van der Waals surface area contributed by atoms with Gasteiger partial charge in [-0.2, -0.15) is 0 Å². The number of carbonyl (C=O) groups is 1. The molecular formula is C12H21N3O2S. The molecule has 0 aliphatic carbocycles. The van der Waals surface area contributed by atoms with Gasteiger partial charge in [-0.3, -0.25) is 4.79 Å². The lowest BCUT2D eigenvalue weighted by Gasteiger charge is -2.13. The molecule has 18 heavy (non-hydrogen) atoms. The predicted octanol–water partition coefficient (Wildman–Crippen LogP) is 0.781. The minimum absolute atomic E-state index is 0.239. The first-order valence-corrected chi connectivity index (χ1v) is 7.01. The Morgan fingerprint density at radius 1 is 1.61 bits per heavy atom. The van der Waals surface area contributed by atoms with Crippen molar-refractivity contribution in [1.29, 1.82) is 0 Å². The molecule has 1 atom stereocenters. The number of aromatic nitrogens is 1. The molecule has 4 N–H and O–H groups in total. The van der Waals surface area contributed by atoms with Gasteiger partial charge in [0.05, 0.1) is 11.1 Å². The van der Waals surface area contributed by atoms with Crippen LogP contribution in [0.15, 0.2) is 5.38 Å². The van der Waals surface area contributed by atoms with Gasteiger partial charge in [-0.05, 0) is 18.9 Å². The van der Waals surface area contributed by atoms with Gasteiger partial charge >= 0.3 is 0 Å². The first-order chi connectivity index (χ1) is 8.52. The highest BCUT2D eigenvalue weighted by molar-refractivity contribution is 7.09. The van der Waals surface area contributed by atoms with Crippen LogP contribution in [-0.2, 0) is 6.42 Å². The zero-order chi connectivity index (χ0) is 13.5. The van der Waals surface area contributed by atoms with Crippen LogP contribution in [0.2, 0.25) is 0 Å². The maximum absolute atomic E-state index is 11.7. The average Bonchev–Trinajstić information content (AvgIpc) is 2.74. The fourth-order valence-electron chi connectivity index (χ4n) is 1.58. The van der Waals surface area contributed by atoms with Gasteiger partial charge in [0.1, 0.15) is 5.69 Å².